The second kappa shape index (κ2) is 7.96. The van der Waals surface area contributed by atoms with E-state index in [0.717, 1.165) is 25.8 Å². The third-order valence-corrected chi connectivity index (χ3v) is 6.92. The highest BCUT2D eigenvalue weighted by molar-refractivity contribution is 7.99. The predicted octanol–water partition coefficient (Wildman–Crippen LogP) is 5.56. The standard InChI is InChI=1S/C21H21N5OS2/c1-11(2)15-9-17(26-25-15)24-19(27)14-7-5-6-8-16(14)29-21-18-12(3)13(4)28-20(18)22-10-23-21/h5-11H,1-4H3,(H2,24,25,26,27). The highest BCUT2D eigenvalue weighted by Crippen LogP contribution is 2.38. The molecule has 0 spiro atoms. The Kier molecular flexibility index (Phi) is 5.38. The Morgan fingerprint density at radius 1 is 1.21 bits per heavy atom. The van der Waals surface area contributed by atoms with Gasteiger partial charge in [0.2, 0.25) is 0 Å². The molecule has 0 radical (unpaired) electrons. The second-order valence-corrected chi connectivity index (χ2v) is 9.29. The maximum atomic E-state index is 12.9. The zero-order valence-corrected chi connectivity index (χ0v) is 18.2. The number of aromatic nitrogens is 4. The first-order valence-electron chi connectivity index (χ1n) is 9.28. The summed E-state index contributed by atoms with van der Waals surface area (Å²) in [7, 11) is 0. The van der Waals surface area contributed by atoms with Crippen molar-refractivity contribution in [3.05, 3.63) is 58.4 Å². The number of carbonyl (C=O) groups excluding carboxylic acids is 1. The Morgan fingerprint density at radius 3 is 2.76 bits per heavy atom. The van der Waals surface area contributed by atoms with Crippen LogP contribution < -0.4 is 5.32 Å². The summed E-state index contributed by atoms with van der Waals surface area (Å²) in [4.78, 5) is 24.9. The average Bonchev–Trinajstić information content (AvgIpc) is 3.27. The quantitative estimate of drug-likeness (QED) is 0.411. The zero-order chi connectivity index (χ0) is 20.5. The van der Waals surface area contributed by atoms with Crippen LogP contribution in [0.5, 0.6) is 0 Å². The molecule has 3 aromatic heterocycles. The maximum absolute atomic E-state index is 12.9. The molecule has 1 aromatic carbocycles. The largest absolute Gasteiger partial charge is 0.305 e. The maximum Gasteiger partial charge on any atom is 0.258 e. The van der Waals surface area contributed by atoms with Crippen molar-refractivity contribution in [3.8, 4) is 0 Å². The zero-order valence-electron chi connectivity index (χ0n) is 16.6. The number of aryl methyl sites for hydroxylation is 2. The van der Waals surface area contributed by atoms with E-state index in [1.807, 2.05) is 30.3 Å². The topological polar surface area (TPSA) is 83.6 Å². The molecule has 29 heavy (non-hydrogen) atoms. The minimum Gasteiger partial charge on any atom is -0.305 e. The fourth-order valence-corrected chi connectivity index (χ4v) is 5.09. The van der Waals surface area contributed by atoms with Crippen LogP contribution >= 0.6 is 23.1 Å². The Labute approximate surface area is 177 Å². The number of nitrogens with one attached hydrogen (secondary N) is 2. The summed E-state index contributed by atoms with van der Waals surface area (Å²) in [5.74, 6) is 0.638. The summed E-state index contributed by atoms with van der Waals surface area (Å²) < 4.78 is 0. The van der Waals surface area contributed by atoms with Gasteiger partial charge in [0.05, 0.1) is 5.56 Å². The molecule has 0 unspecified atom stereocenters. The fourth-order valence-electron chi connectivity index (χ4n) is 2.95. The van der Waals surface area contributed by atoms with Crippen LogP contribution in [0.3, 0.4) is 0 Å². The summed E-state index contributed by atoms with van der Waals surface area (Å²) in [6.07, 6.45) is 1.58. The van der Waals surface area contributed by atoms with Gasteiger partial charge in [-0.2, -0.15) is 5.10 Å². The van der Waals surface area contributed by atoms with Gasteiger partial charge in [-0.25, -0.2) is 9.97 Å². The summed E-state index contributed by atoms with van der Waals surface area (Å²) in [6.45, 7) is 8.32. The Bertz CT molecular complexity index is 1190. The van der Waals surface area contributed by atoms with Gasteiger partial charge < -0.3 is 5.32 Å². The third-order valence-electron chi connectivity index (χ3n) is 4.73. The first-order chi connectivity index (χ1) is 13.9. The number of aromatic amines is 1. The Hall–Kier alpha value is -2.71. The minimum absolute atomic E-state index is 0.196. The van der Waals surface area contributed by atoms with Gasteiger partial charge in [-0.15, -0.1) is 11.3 Å². The Balaban J connectivity index is 1.64. The molecular weight excluding hydrogens is 402 g/mol. The number of hydrogen-bond donors (Lipinski definition) is 2. The van der Waals surface area contributed by atoms with Gasteiger partial charge in [0, 0.05) is 26.9 Å². The lowest BCUT2D eigenvalue weighted by Crippen LogP contribution is -2.13. The van der Waals surface area contributed by atoms with Crippen molar-refractivity contribution in [3.63, 3.8) is 0 Å². The highest BCUT2D eigenvalue weighted by Gasteiger charge is 2.18. The van der Waals surface area contributed by atoms with Gasteiger partial charge >= 0.3 is 0 Å². The molecule has 2 N–H and O–H groups in total. The van der Waals surface area contributed by atoms with Crippen molar-refractivity contribution >= 4 is 45.0 Å². The van der Waals surface area contributed by atoms with Crippen molar-refractivity contribution in [1.82, 2.24) is 20.2 Å². The van der Waals surface area contributed by atoms with Gasteiger partial charge in [-0.05, 0) is 37.5 Å². The van der Waals surface area contributed by atoms with E-state index >= 15 is 0 Å². The van der Waals surface area contributed by atoms with E-state index < -0.39 is 0 Å². The molecule has 0 saturated heterocycles. The lowest BCUT2D eigenvalue weighted by Gasteiger charge is -2.09. The van der Waals surface area contributed by atoms with E-state index in [1.54, 1.807) is 17.7 Å². The summed E-state index contributed by atoms with van der Waals surface area (Å²) >= 11 is 3.15. The number of amides is 1. The summed E-state index contributed by atoms with van der Waals surface area (Å²) in [5, 5.41) is 12.0. The Morgan fingerprint density at radius 2 is 2.00 bits per heavy atom. The van der Waals surface area contributed by atoms with E-state index in [2.05, 4.69) is 53.2 Å². The van der Waals surface area contributed by atoms with Crippen LogP contribution in [0.2, 0.25) is 0 Å². The van der Waals surface area contributed by atoms with E-state index in [-0.39, 0.29) is 5.91 Å². The van der Waals surface area contributed by atoms with E-state index in [1.165, 1.54) is 22.2 Å². The molecule has 0 bridgehead atoms. The normalized spacial score (nSPS) is 11.3. The lowest BCUT2D eigenvalue weighted by atomic mass is 10.1. The van der Waals surface area contributed by atoms with Gasteiger partial charge in [0.1, 0.15) is 16.2 Å². The van der Waals surface area contributed by atoms with Gasteiger partial charge in [-0.3, -0.25) is 9.89 Å². The third kappa shape index (κ3) is 3.90. The van der Waals surface area contributed by atoms with Crippen LogP contribution in [0.1, 0.15) is 46.3 Å². The van der Waals surface area contributed by atoms with E-state index in [4.69, 9.17) is 0 Å². The minimum atomic E-state index is -0.196. The number of fused-ring (bicyclic) bond motifs is 1. The number of hydrogen-bond acceptors (Lipinski definition) is 6. The summed E-state index contributed by atoms with van der Waals surface area (Å²) in [6, 6.07) is 9.40. The molecule has 0 fully saturated rings. The molecule has 0 aliphatic heterocycles. The van der Waals surface area contributed by atoms with Crippen molar-refractivity contribution in [2.45, 2.75) is 43.5 Å². The molecular formula is C21H21N5OS2. The number of H-pyrrole nitrogens is 1. The number of benzene rings is 1. The van der Waals surface area contributed by atoms with Gasteiger partial charge in [-0.1, -0.05) is 37.7 Å². The van der Waals surface area contributed by atoms with Crippen LogP contribution in [-0.4, -0.2) is 26.1 Å². The van der Waals surface area contributed by atoms with Crippen molar-refractivity contribution in [1.29, 1.82) is 0 Å². The highest BCUT2D eigenvalue weighted by atomic mass is 32.2. The molecule has 6 nitrogen and oxygen atoms in total. The van der Waals surface area contributed by atoms with Crippen molar-refractivity contribution < 1.29 is 4.79 Å². The molecule has 1 amide bonds. The number of nitrogens with zero attached hydrogens (tertiary/aromatic N) is 3. The molecule has 8 heteroatoms. The van der Waals surface area contributed by atoms with Crippen LogP contribution in [0, 0.1) is 13.8 Å². The van der Waals surface area contributed by atoms with E-state index in [0.29, 0.717) is 17.3 Å². The molecule has 0 atom stereocenters. The molecule has 3 heterocycles. The smallest absolute Gasteiger partial charge is 0.258 e. The average molecular weight is 424 g/mol. The molecule has 4 rings (SSSR count). The van der Waals surface area contributed by atoms with Crippen LogP contribution in [0.4, 0.5) is 5.82 Å². The second-order valence-electron chi connectivity index (χ2n) is 7.06. The number of rotatable bonds is 5. The first-order valence-corrected chi connectivity index (χ1v) is 10.9. The molecule has 0 aliphatic carbocycles. The fraction of sp³-hybridized carbons (Fsp3) is 0.238. The van der Waals surface area contributed by atoms with Gasteiger partial charge in [0.25, 0.3) is 5.91 Å². The van der Waals surface area contributed by atoms with Crippen LogP contribution in [0.15, 0.2) is 46.6 Å². The predicted molar refractivity (Wildman–Crippen MR) is 118 cm³/mol. The van der Waals surface area contributed by atoms with Gasteiger partial charge in [0.15, 0.2) is 5.82 Å². The van der Waals surface area contributed by atoms with Crippen molar-refractivity contribution in [2.75, 3.05) is 5.32 Å². The van der Waals surface area contributed by atoms with Crippen molar-refractivity contribution in [2.24, 2.45) is 0 Å². The van der Waals surface area contributed by atoms with Crippen LogP contribution in [-0.2, 0) is 0 Å². The number of thiophene rings is 1. The monoisotopic (exact) mass is 423 g/mol. The molecule has 0 saturated carbocycles. The number of anilines is 1. The van der Waals surface area contributed by atoms with Crippen LogP contribution in [0.25, 0.3) is 10.2 Å². The summed E-state index contributed by atoms with van der Waals surface area (Å²) in [5.41, 5.74) is 2.75. The molecule has 0 aliphatic rings. The van der Waals surface area contributed by atoms with E-state index in [9.17, 15) is 4.79 Å². The SMILES string of the molecule is Cc1sc2ncnc(Sc3ccccc3C(=O)Nc3cc(C(C)C)[nH]n3)c2c1C. The molecule has 4 aromatic rings. The lowest BCUT2D eigenvalue weighted by molar-refractivity contribution is 0.102. The number of carbonyl (C=O) groups is 1. The molecule has 148 valence electrons. The first kappa shape index (κ1) is 19.6.